The monoisotopic (exact) mass is 260 g/mol. The van der Waals surface area contributed by atoms with Crippen molar-refractivity contribution in [1.29, 1.82) is 0 Å². The molecule has 2 rings (SSSR count). The third-order valence-corrected chi connectivity index (χ3v) is 2.96. The van der Waals surface area contributed by atoms with E-state index in [0.717, 1.165) is 11.1 Å². The highest BCUT2D eigenvalue weighted by Gasteiger charge is 2.13. The lowest BCUT2D eigenvalue weighted by molar-refractivity contribution is 0.0691. The number of carboxylic acids is 1. The van der Waals surface area contributed by atoms with Crippen molar-refractivity contribution < 1.29 is 14.6 Å². The fourth-order valence-electron chi connectivity index (χ4n) is 1.93. The van der Waals surface area contributed by atoms with Crippen LogP contribution in [0, 0.1) is 0 Å². The van der Waals surface area contributed by atoms with Gasteiger partial charge in [-0.1, -0.05) is 18.2 Å². The lowest BCUT2D eigenvalue weighted by Crippen LogP contribution is -2.23. The van der Waals surface area contributed by atoms with Gasteiger partial charge in [0.1, 0.15) is 0 Å². The lowest BCUT2D eigenvalue weighted by Gasteiger charge is -2.21. The first-order chi connectivity index (χ1) is 9.13. The van der Waals surface area contributed by atoms with Gasteiger partial charge in [0.2, 0.25) is 0 Å². The van der Waals surface area contributed by atoms with E-state index in [1.54, 1.807) is 13.2 Å². The summed E-state index contributed by atoms with van der Waals surface area (Å²) in [6.45, 7) is 1.26. The van der Waals surface area contributed by atoms with Crippen LogP contribution in [-0.4, -0.2) is 43.4 Å². The van der Waals surface area contributed by atoms with Crippen LogP contribution in [0.15, 0.2) is 30.3 Å². The molecular weight excluding hydrogens is 244 g/mol. The predicted molar refractivity (Wildman–Crippen MR) is 73.8 cm³/mol. The Balaban J connectivity index is 2.53. The molecule has 0 bridgehead atoms. The number of aromatic nitrogens is 1. The van der Waals surface area contributed by atoms with E-state index in [0.29, 0.717) is 18.7 Å². The first-order valence-electron chi connectivity index (χ1n) is 5.96. The summed E-state index contributed by atoms with van der Waals surface area (Å²) in [5, 5.41) is 10.1. The zero-order chi connectivity index (χ0) is 13.8. The van der Waals surface area contributed by atoms with E-state index in [4.69, 9.17) is 9.84 Å². The van der Waals surface area contributed by atoms with E-state index in [1.807, 2.05) is 36.2 Å². The molecule has 0 spiro atoms. The number of aromatic carboxylic acids is 1. The Morgan fingerprint density at radius 1 is 1.42 bits per heavy atom. The highest BCUT2D eigenvalue weighted by molar-refractivity contribution is 5.97. The van der Waals surface area contributed by atoms with Gasteiger partial charge in [0.25, 0.3) is 0 Å². The van der Waals surface area contributed by atoms with Crippen LogP contribution < -0.4 is 4.90 Å². The zero-order valence-corrected chi connectivity index (χ0v) is 11.0. The largest absolute Gasteiger partial charge is 0.477 e. The number of hydrogen-bond donors (Lipinski definition) is 1. The van der Waals surface area contributed by atoms with Crippen LogP contribution in [0.25, 0.3) is 10.9 Å². The number of anilines is 1. The average molecular weight is 260 g/mol. The van der Waals surface area contributed by atoms with Gasteiger partial charge in [-0.3, -0.25) is 0 Å². The summed E-state index contributed by atoms with van der Waals surface area (Å²) in [5.74, 6) is -1.02. The summed E-state index contributed by atoms with van der Waals surface area (Å²) in [5.41, 5.74) is 1.58. The molecule has 1 aromatic carbocycles. The molecule has 5 nitrogen and oxygen atoms in total. The van der Waals surface area contributed by atoms with Crippen molar-refractivity contribution in [3.8, 4) is 0 Å². The van der Waals surface area contributed by atoms with Gasteiger partial charge in [0.05, 0.1) is 12.1 Å². The minimum atomic E-state index is -1.02. The Bertz CT molecular complexity index is 598. The number of para-hydroxylation sites is 1. The molecule has 0 radical (unpaired) electrons. The van der Waals surface area contributed by atoms with Crippen molar-refractivity contribution in [3.63, 3.8) is 0 Å². The minimum Gasteiger partial charge on any atom is -0.477 e. The quantitative estimate of drug-likeness (QED) is 0.891. The summed E-state index contributed by atoms with van der Waals surface area (Å²) in [6, 6.07) is 9.11. The number of likely N-dealkylation sites (N-methyl/N-ethyl adjacent to an activating group) is 1. The standard InChI is InChI=1S/C14H16N2O3/c1-16(7-8-19-2)13-9-12(14(17)18)15-11-6-4-3-5-10(11)13/h3-6,9H,7-8H2,1-2H3,(H,17,18). The van der Waals surface area contributed by atoms with E-state index < -0.39 is 5.97 Å². The molecule has 5 heteroatoms. The molecule has 0 fully saturated rings. The maximum absolute atomic E-state index is 11.1. The normalized spacial score (nSPS) is 10.6. The molecular formula is C14H16N2O3. The number of nitrogens with zero attached hydrogens (tertiary/aromatic N) is 2. The third kappa shape index (κ3) is 2.82. The van der Waals surface area contributed by atoms with E-state index in [1.165, 1.54) is 0 Å². The van der Waals surface area contributed by atoms with Crippen LogP contribution in [0.3, 0.4) is 0 Å². The van der Waals surface area contributed by atoms with Crippen molar-refractivity contribution in [2.75, 3.05) is 32.2 Å². The van der Waals surface area contributed by atoms with Gasteiger partial charge in [-0.2, -0.15) is 0 Å². The van der Waals surface area contributed by atoms with Gasteiger partial charge in [-0.05, 0) is 12.1 Å². The van der Waals surface area contributed by atoms with Gasteiger partial charge in [-0.15, -0.1) is 0 Å². The highest BCUT2D eigenvalue weighted by atomic mass is 16.5. The maximum atomic E-state index is 11.1. The van der Waals surface area contributed by atoms with Crippen molar-refractivity contribution in [2.45, 2.75) is 0 Å². The number of rotatable bonds is 5. The molecule has 1 N–H and O–H groups in total. The second-order valence-corrected chi connectivity index (χ2v) is 4.26. The summed E-state index contributed by atoms with van der Waals surface area (Å²) in [4.78, 5) is 17.2. The number of methoxy groups -OCH3 is 1. The molecule has 1 aromatic heterocycles. The topological polar surface area (TPSA) is 62.7 Å². The molecule has 19 heavy (non-hydrogen) atoms. The molecule has 1 heterocycles. The van der Waals surface area contributed by atoms with Crippen molar-refractivity contribution >= 4 is 22.6 Å². The van der Waals surface area contributed by atoms with E-state index in [-0.39, 0.29) is 5.69 Å². The number of carbonyl (C=O) groups is 1. The molecule has 0 aliphatic heterocycles. The maximum Gasteiger partial charge on any atom is 0.354 e. The van der Waals surface area contributed by atoms with Crippen molar-refractivity contribution in [1.82, 2.24) is 4.98 Å². The van der Waals surface area contributed by atoms with Gasteiger partial charge < -0.3 is 14.7 Å². The second-order valence-electron chi connectivity index (χ2n) is 4.26. The molecule has 0 unspecified atom stereocenters. The third-order valence-electron chi connectivity index (χ3n) is 2.96. The fourth-order valence-corrected chi connectivity index (χ4v) is 1.93. The average Bonchev–Trinajstić information content (AvgIpc) is 2.43. The van der Waals surface area contributed by atoms with Crippen LogP contribution in [0.2, 0.25) is 0 Å². The van der Waals surface area contributed by atoms with E-state index in [9.17, 15) is 4.79 Å². The summed E-state index contributed by atoms with van der Waals surface area (Å²) >= 11 is 0. The van der Waals surface area contributed by atoms with E-state index in [2.05, 4.69) is 4.98 Å². The van der Waals surface area contributed by atoms with Crippen LogP contribution >= 0.6 is 0 Å². The molecule has 100 valence electrons. The Morgan fingerprint density at radius 2 is 2.16 bits per heavy atom. The number of pyridine rings is 1. The number of benzene rings is 1. The number of ether oxygens (including phenoxy) is 1. The van der Waals surface area contributed by atoms with Gasteiger partial charge in [0.15, 0.2) is 5.69 Å². The molecule has 0 aliphatic carbocycles. The van der Waals surface area contributed by atoms with Gasteiger partial charge in [0, 0.05) is 31.8 Å². The van der Waals surface area contributed by atoms with Crippen LogP contribution in [-0.2, 0) is 4.74 Å². The van der Waals surface area contributed by atoms with Gasteiger partial charge in [-0.25, -0.2) is 9.78 Å². The minimum absolute atomic E-state index is 0.0537. The Kier molecular flexibility index (Phi) is 3.97. The fraction of sp³-hybridized carbons (Fsp3) is 0.286. The van der Waals surface area contributed by atoms with Crippen LogP contribution in [0.4, 0.5) is 5.69 Å². The number of carboxylic acid groups (broad SMARTS) is 1. The van der Waals surface area contributed by atoms with Crippen molar-refractivity contribution in [3.05, 3.63) is 36.0 Å². The molecule has 0 amide bonds. The van der Waals surface area contributed by atoms with E-state index >= 15 is 0 Å². The second kappa shape index (κ2) is 5.67. The molecule has 0 aliphatic rings. The number of fused-ring (bicyclic) bond motifs is 1. The summed E-state index contributed by atoms with van der Waals surface area (Å²) < 4.78 is 5.05. The highest BCUT2D eigenvalue weighted by Crippen LogP contribution is 2.25. The zero-order valence-electron chi connectivity index (χ0n) is 11.0. The first-order valence-corrected chi connectivity index (χ1v) is 5.96. The van der Waals surface area contributed by atoms with Crippen LogP contribution in [0.5, 0.6) is 0 Å². The van der Waals surface area contributed by atoms with Gasteiger partial charge >= 0.3 is 5.97 Å². The smallest absolute Gasteiger partial charge is 0.354 e. The lowest BCUT2D eigenvalue weighted by atomic mass is 10.1. The molecule has 0 saturated heterocycles. The number of hydrogen-bond acceptors (Lipinski definition) is 4. The summed E-state index contributed by atoms with van der Waals surface area (Å²) in [7, 11) is 3.55. The van der Waals surface area contributed by atoms with Crippen molar-refractivity contribution in [2.24, 2.45) is 0 Å². The summed E-state index contributed by atoms with van der Waals surface area (Å²) in [6.07, 6.45) is 0. The molecule has 2 aromatic rings. The Labute approximate surface area is 111 Å². The Hall–Kier alpha value is -2.14. The Morgan fingerprint density at radius 3 is 2.84 bits per heavy atom. The SMILES string of the molecule is COCCN(C)c1cc(C(=O)O)nc2ccccc12. The van der Waals surface area contributed by atoms with Crippen LogP contribution in [0.1, 0.15) is 10.5 Å². The first kappa shape index (κ1) is 13.3. The predicted octanol–water partition coefficient (Wildman–Crippen LogP) is 2.02. The molecule has 0 atom stereocenters. The molecule has 0 saturated carbocycles.